The van der Waals surface area contributed by atoms with Crippen LogP contribution in [0.25, 0.3) is 10.8 Å². The number of nitrogen functional groups attached to an aromatic ring is 1. The zero-order valence-corrected chi connectivity index (χ0v) is 21.9. The Balaban J connectivity index is 1.65. The van der Waals surface area contributed by atoms with Gasteiger partial charge in [0.2, 0.25) is 26.0 Å². The van der Waals surface area contributed by atoms with Gasteiger partial charge in [0.1, 0.15) is 11.9 Å². The van der Waals surface area contributed by atoms with Gasteiger partial charge in [-0.05, 0) is 29.5 Å². The SMILES string of the molecule is CS(=O)(=O)N1CCN(C(=O)[C@H](Cc2cccc(C(=N)N)c2)NS(=O)(=O)c2cccc3ccccc23)CC1. The zero-order valence-electron chi connectivity index (χ0n) is 20.3. The van der Waals surface area contributed by atoms with Crippen molar-refractivity contribution in [3.8, 4) is 0 Å². The second-order valence-corrected chi connectivity index (χ2v) is 12.6. The molecule has 1 atom stereocenters. The van der Waals surface area contributed by atoms with Crippen LogP contribution in [0, 0.1) is 5.41 Å². The molecule has 37 heavy (non-hydrogen) atoms. The molecule has 196 valence electrons. The number of hydrogen-bond acceptors (Lipinski definition) is 6. The monoisotopic (exact) mass is 543 g/mol. The molecule has 0 saturated carbocycles. The summed E-state index contributed by atoms with van der Waals surface area (Å²) < 4.78 is 54.8. The summed E-state index contributed by atoms with van der Waals surface area (Å²) in [5, 5.41) is 8.98. The minimum atomic E-state index is -4.12. The lowest BCUT2D eigenvalue weighted by atomic mass is 10.0. The Morgan fingerprint density at radius 2 is 1.62 bits per heavy atom. The molecule has 0 aliphatic carbocycles. The van der Waals surface area contributed by atoms with E-state index in [1.807, 2.05) is 18.2 Å². The van der Waals surface area contributed by atoms with E-state index >= 15 is 0 Å². The highest BCUT2D eigenvalue weighted by molar-refractivity contribution is 7.89. The third-order valence-corrected chi connectivity index (χ3v) is 9.16. The van der Waals surface area contributed by atoms with E-state index in [1.54, 1.807) is 42.5 Å². The van der Waals surface area contributed by atoms with Gasteiger partial charge in [-0.15, -0.1) is 0 Å². The van der Waals surface area contributed by atoms with E-state index in [1.165, 1.54) is 15.3 Å². The summed E-state index contributed by atoms with van der Waals surface area (Å²) in [6.07, 6.45) is 1.14. The van der Waals surface area contributed by atoms with Crippen molar-refractivity contribution in [3.63, 3.8) is 0 Å². The minimum Gasteiger partial charge on any atom is -0.384 e. The van der Waals surface area contributed by atoms with Crippen LogP contribution in [0.3, 0.4) is 0 Å². The van der Waals surface area contributed by atoms with Gasteiger partial charge in [-0.3, -0.25) is 10.2 Å². The minimum absolute atomic E-state index is 0.0240. The summed E-state index contributed by atoms with van der Waals surface area (Å²) in [5.74, 6) is -0.594. The first-order valence-corrected chi connectivity index (χ1v) is 15.0. The molecule has 1 aliphatic rings. The van der Waals surface area contributed by atoms with Gasteiger partial charge in [-0.25, -0.2) is 16.8 Å². The van der Waals surface area contributed by atoms with Crippen LogP contribution >= 0.6 is 0 Å². The summed E-state index contributed by atoms with van der Waals surface area (Å²) in [6.45, 7) is 0.554. The first-order chi connectivity index (χ1) is 17.5. The molecule has 1 aliphatic heterocycles. The fourth-order valence-electron chi connectivity index (χ4n) is 4.42. The number of nitrogens with zero attached hydrogens (tertiary/aromatic N) is 2. The molecule has 1 amide bonds. The van der Waals surface area contributed by atoms with E-state index in [2.05, 4.69) is 4.72 Å². The maximum Gasteiger partial charge on any atom is 0.241 e. The molecule has 4 rings (SSSR count). The number of rotatable bonds is 8. The van der Waals surface area contributed by atoms with Gasteiger partial charge in [0.05, 0.1) is 11.2 Å². The molecule has 0 spiro atoms. The van der Waals surface area contributed by atoms with Crippen LogP contribution < -0.4 is 10.5 Å². The number of carbonyl (C=O) groups is 1. The summed E-state index contributed by atoms with van der Waals surface area (Å²) >= 11 is 0. The van der Waals surface area contributed by atoms with Crippen molar-refractivity contribution < 1.29 is 21.6 Å². The lowest BCUT2D eigenvalue weighted by Gasteiger charge is -2.35. The predicted molar refractivity (Wildman–Crippen MR) is 142 cm³/mol. The first-order valence-electron chi connectivity index (χ1n) is 11.6. The van der Waals surface area contributed by atoms with Crippen LogP contribution in [0.15, 0.2) is 71.6 Å². The number of hydrogen-bond donors (Lipinski definition) is 3. The van der Waals surface area contributed by atoms with Crippen molar-refractivity contribution in [2.75, 3.05) is 32.4 Å². The van der Waals surface area contributed by atoms with Gasteiger partial charge in [0.15, 0.2) is 0 Å². The van der Waals surface area contributed by atoms with Gasteiger partial charge >= 0.3 is 0 Å². The quantitative estimate of drug-likeness (QED) is 0.286. The largest absolute Gasteiger partial charge is 0.384 e. The molecule has 0 aromatic heterocycles. The van der Waals surface area contributed by atoms with Gasteiger partial charge in [0.25, 0.3) is 0 Å². The van der Waals surface area contributed by atoms with Crippen LogP contribution in [0.4, 0.5) is 0 Å². The molecule has 10 nitrogen and oxygen atoms in total. The van der Waals surface area contributed by atoms with Crippen LogP contribution in [0.2, 0.25) is 0 Å². The van der Waals surface area contributed by atoms with Crippen LogP contribution in [0.1, 0.15) is 11.1 Å². The molecule has 0 bridgehead atoms. The Hall–Kier alpha value is -3.32. The third-order valence-electron chi connectivity index (χ3n) is 6.33. The molecule has 3 aromatic rings. The Labute approximate surface area is 216 Å². The smallest absolute Gasteiger partial charge is 0.241 e. The number of sulfonamides is 2. The van der Waals surface area contributed by atoms with Crippen molar-refractivity contribution in [3.05, 3.63) is 77.9 Å². The van der Waals surface area contributed by atoms with Crippen molar-refractivity contribution in [1.29, 1.82) is 5.41 Å². The van der Waals surface area contributed by atoms with Gasteiger partial charge in [0, 0.05) is 37.1 Å². The molecule has 1 heterocycles. The molecule has 12 heteroatoms. The van der Waals surface area contributed by atoms with Crippen molar-refractivity contribution >= 4 is 42.6 Å². The molecule has 4 N–H and O–H groups in total. The molecular formula is C25H29N5O5S2. The van der Waals surface area contributed by atoms with Crippen LogP contribution in [-0.4, -0.2) is 76.3 Å². The number of benzene rings is 3. The lowest BCUT2D eigenvalue weighted by Crippen LogP contribution is -2.56. The average Bonchev–Trinajstić information content (AvgIpc) is 2.87. The number of amides is 1. The maximum atomic E-state index is 13.6. The van der Waals surface area contributed by atoms with E-state index in [0.717, 1.165) is 11.6 Å². The van der Waals surface area contributed by atoms with E-state index in [0.29, 0.717) is 16.5 Å². The Bertz CT molecular complexity index is 1540. The topological polar surface area (TPSA) is 154 Å². The third kappa shape index (κ3) is 6.16. The highest BCUT2D eigenvalue weighted by Gasteiger charge is 2.33. The lowest BCUT2D eigenvalue weighted by molar-refractivity contribution is -0.134. The highest BCUT2D eigenvalue weighted by Crippen LogP contribution is 2.23. The number of carbonyl (C=O) groups excluding carboxylic acids is 1. The van der Waals surface area contributed by atoms with E-state index in [4.69, 9.17) is 11.1 Å². The average molecular weight is 544 g/mol. The van der Waals surface area contributed by atoms with Crippen molar-refractivity contribution in [1.82, 2.24) is 13.9 Å². The molecule has 1 saturated heterocycles. The summed E-state index contributed by atoms with van der Waals surface area (Å²) in [5.41, 5.74) is 6.70. The van der Waals surface area contributed by atoms with Crippen molar-refractivity contribution in [2.24, 2.45) is 5.73 Å². The Morgan fingerprint density at radius 1 is 0.973 bits per heavy atom. The summed E-state index contributed by atoms with van der Waals surface area (Å²) in [4.78, 5) is 15.2. The molecule has 0 unspecified atom stereocenters. The van der Waals surface area contributed by atoms with Gasteiger partial charge < -0.3 is 10.6 Å². The number of nitrogens with one attached hydrogen (secondary N) is 2. The first kappa shape index (κ1) is 26.7. The van der Waals surface area contributed by atoms with E-state index in [-0.39, 0.29) is 43.3 Å². The summed E-state index contributed by atoms with van der Waals surface area (Å²) in [6, 6.07) is 17.6. The fourth-order valence-corrected chi connectivity index (χ4v) is 6.67. The molecule has 3 aromatic carbocycles. The number of amidine groups is 1. The Morgan fingerprint density at radius 3 is 2.30 bits per heavy atom. The molecular weight excluding hydrogens is 514 g/mol. The summed E-state index contributed by atoms with van der Waals surface area (Å²) in [7, 11) is -7.51. The van der Waals surface area contributed by atoms with Crippen molar-refractivity contribution in [2.45, 2.75) is 17.4 Å². The second-order valence-electron chi connectivity index (χ2n) is 8.96. The predicted octanol–water partition coefficient (Wildman–Crippen LogP) is 1.12. The van der Waals surface area contributed by atoms with Gasteiger partial charge in [-0.2, -0.15) is 9.03 Å². The second kappa shape index (κ2) is 10.6. The van der Waals surface area contributed by atoms with E-state index in [9.17, 15) is 21.6 Å². The number of piperazine rings is 1. The van der Waals surface area contributed by atoms with Gasteiger partial charge in [-0.1, -0.05) is 54.6 Å². The number of nitrogens with two attached hydrogens (primary N) is 1. The Kier molecular flexibility index (Phi) is 7.64. The highest BCUT2D eigenvalue weighted by atomic mass is 32.2. The standard InChI is InChI=1S/C25H29N5O5S2/c1-36(32,33)30-14-12-29(13-15-30)25(31)22(17-18-6-4-9-20(16-18)24(26)27)28-37(34,35)23-11-5-8-19-7-2-3-10-21(19)23/h2-11,16,22,28H,12-15,17H2,1H3,(H3,26,27)/t22-/m0/s1. The van der Waals surface area contributed by atoms with E-state index < -0.39 is 32.0 Å². The van der Waals surface area contributed by atoms with Crippen LogP contribution in [-0.2, 0) is 31.3 Å². The number of fused-ring (bicyclic) bond motifs is 1. The molecule has 1 fully saturated rings. The normalized spacial score (nSPS) is 16.0. The zero-order chi connectivity index (χ0) is 26.8. The van der Waals surface area contributed by atoms with Crippen LogP contribution in [0.5, 0.6) is 0 Å². The fraction of sp³-hybridized carbons (Fsp3) is 0.280. The maximum absolute atomic E-state index is 13.6. The molecule has 0 radical (unpaired) electrons.